The molecule has 156 valence electrons. The van der Waals surface area contributed by atoms with Gasteiger partial charge < -0.3 is 24.8 Å². The molecular weight excluding hydrogens is 380 g/mol. The van der Waals surface area contributed by atoms with E-state index in [-0.39, 0.29) is 24.5 Å². The van der Waals surface area contributed by atoms with Gasteiger partial charge in [0.25, 0.3) is 0 Å². The number of ether oxygens (including phenoxy) is 3. The fourth-order valence-corrected chi connectivity index (χ4v) is 3.01. The minimum atomic E-state index is -0.304. The molecule has 0 bridgehead atoms. The van der Waals surface area contributed by atoms with Gasteiger partial charge in [-0.1, -0.05) is 0 Å². The van der Waals surface area contributed by atoms with Crippen LogP contribution >= 0.6 is 0 Å². The predicted octanol–water partition coefficient (Wildman–Crippen LogP) is 3.01. The summed E-state index contributed by atoms with van der Waals surface area (Å²) in [5.74, 6) is 1.30. The highest BCUT2D eigenvalue weighted by atomic mass is 19.1. The number of rotatable bonds is 7. The van der Waals surface area contributed by atoms with Crippen molar-refractivity contribution in [1.82, 2.24) is 10.6 Å². The highest BCUT2D eigenvalue weighted by molar-refractivity contribution is 5.79. The SMILES string of the molecule is CN=C(NCCc1cc(F)cc2c1OCOC2)NCC(C)Oc1ccc(F)cc1. The summed E-state index contributed by atoms with van der Waals surface area (Å²) in [6.45, 7) is 3.48. The van der Waals surface area contributed by atoms with Crippen LogP contribution in [0.15, 0.2) is 41.4 Å². The molecule has 0 amide bonds. The van der Waals surface area contributed by atoms with Crippen molar-refractivity contribution in [1.29, 1.82) is 0 Å². The normalized spacial score (nSPS) is 14.6. The van der Waals surface area contributed by atoms with Crippen molar-refractivity contribution >= 4 is 5.96 Å². The Morgan fingerprint density at radius 1 is 1.17 bits per heavy atom. The van der Waals surface area contributed by atoms with Gasteiger partial charge in [0.1, 0.15) is 29.2 Å². The molecule has 8 heteroatoms. The number of fused-ring (bicyclic) bond motifs is 1. The molecule has 3 rings (SSSR count). The molecule has 0 fully saturated rings. The second-order valence-corrected chi connectivity index (χ2v) is 6.68. The fourth-order valence-electron chi connectivity index (χ4n) is 3.01. The summed E-state index contributed by atoms with van der Waals surface area (Å²) < 4.78 is 43.2. The molecule has 0 radical (unpaired) electrons. The quantitative estimate of drug-likeness (QED) is 0.548. The third-order valence-electron chi connectivity index (χ3n) is 4.37. The van der Waals surface area contributed by atoms with Crippen LogP contribution in [0.3, 0.4) is 0 Å². The van der Waals surface area contributed by atoms with Gasteiger partial charge in [-0.25, -0.2) is 8.78 Å². The van der Waals surface area contributed by atoms with E-state index in [9.17, 15) is 8.78 Å². The summed E-state index contributed by atoms with van der Waals surface area (Å²) in [6.07, 6.45) is 0.422. The Bertz CT molecular complexity index is 844. The molecule has 0 aromatic heterocycles. The van der Waals surface area contributed by atoms with Gasteiger partial charge in [-0.2, -0.15) is 0 Å². The average Bonchev–Trinajstić information content (AvgIpc) is 2.72. The third-order valence-corrected chi connectivity index (χ3v) is 4.37. The van der Waals surface area contributed by atoms with E-state index >= 15 is 0 Å². The number of nitrogens with one attached hydrogen (secondary N) is 2. The zero-order chi connectivity index (χ0) is 20.6. The number of benzene rings is 2. The topological polar surface area (TPSA) is 64.1 Å². The van der Waals surface area contributed by atoms with Gasteiger partial charge in [0, 0.05) is 19.2 Å². The van der Waals surface area contributed by atoms with Crippen molar-refractivity contribution in [2.45, 2.75) is 26.1 Å². The van der Waals surface area contributed by atoms with Crippen LogP contribution < -0.4 is 20.1 Å². The zero-order valence-electron chi connectivity index (χ0n) is 16.5. The van der Waals surface area contributed by atoms with E-state index in [1.807, 2.05) is 6.92 Å². The number of guanidine groups is 1. The van der Waals surface area contributed by atoms with E-state index in [0.29, 0.717) is 43.6 Å². The van der Waals surface area contributed by atoms with Gasteiger partial charge >= 0.3 is 0 Å². The molecule has 0 saturated heterocycles. The maximum absolute atomic E-state index is 13.8. The summed E-state index contributed by atoms with van der Waals surface area (Å²) in [7, 11) is 1.67. The van der Waals surface area contributed by atoms with Gasteiger partial charge in [-0.3, -0.25) is 4.99 Å². The Morgan fingerprint density at radius 3 is 2.72 bits per heavy atom. The van der Waals surface area contributed by atoms with Crippen molar-refractivity contribution < 1.29 is 23.0 Å². The number of nitrogens with zero attached hydrogens (tertiary/aromatic N) is 1. The molecule has 1 aliphatic heterocycles. The number of aliphatic imine (C=N–C) groups is 1. The lowest BCUT2D eigenvalue weighted by Crippen LogP contribution is -2.42. The number of halogens is 2. The van der Waals surface area contributed by atoms with Crippen molar-refractivity contribution in [3.63, 3.8) is 0 Å². The van der Waals surface area contributed by atoms with Crippen LogP contribution in [0.2, 0.25) is 0 Å². The van der Waals surface area contributed by atoms with Gasteiger partial charge in [0.15, 0.2) is 12.8 Å². The Balaban J connectivity index is 1.46. The first-order valence-corrected chi connectivity index (χ1v) is 9.43. The van der Waals surface area contributed by atoms with Gasteiger partial charge in [-0.15, -0.1) is 0 Å². The third kappa shape index (κ3) is 6.05. The van der Waals surface area contributed by atoms with Gasteiger partial charge in [0.2, 0.25) is 0 Å². The maximum atomic E-state index is 13.8. The molecular formula is C21H25F2N3O3. The van der Waals surface area contributed by atoms with E-state index in [4.69, 9.17) is 14.2 Å². The lowest BCUT2D eigenvalue weighted by molar-refractivity contribution is -0.0172. The van der Waals surface area contributed by atoms with Crippen LogP contribution in [-0.4, -0.2) is 39.0 Å². The summed E-state index contributed by atoms with van der Waals surface area (Å²) in [6, 6.07) is 8.82. The standard InChI is InChI=1S/C21H25F2N3O3/c1-14(29-19-5-3-17(22)4-6-19)11-26-21(24-2)25-8-7-15-9-18(23)10-16-12-27-13-28-20(15)16/h3-6,9-10,14H,7-8,11-13H2,1-2H3,(H2,24,25,26). The molecule has 0 saturated carbocycles. The number of hydrogen-bond donors (Lipinski definition) is 2. The monoisotopic (exact) mass is 405 g/mol. The minimum absolute atomic E-state index is 0.150. The molecule has 1 unspecified atom stereocenters. The highest BCUT2D eigenvalue weighted by Crippen LogP contribution is 2.29. The molecule has 6 nitrogen and oxygen atoms in total. The van der Waals surface area contributed by atoms with Crippen LogP contribution in [0.1, 0.15) is 18.1 Å². The highest BCUT2D eigenvalue weighted by Gasteiger charge is 2.17. The molecule has 1 atom stereocenters. The second-order valence-electron chi connectivity index (χ2n) is 6.68. The first-order valence-electron chi connectivity index (χ1n) is 9.43. The minimum Gasteiger partial charge on any atom is -0.489 e. The van der Waals surface area contributed by atoms with Crippen LogP contribution in [0.25, 0.3) is 0 Å². The summed E-state index contributed by atoms with van der Waals surface area (Å²) in [5.41, 5.74) is 1.51. The van der Waals surface area contributed by atoms with Crippen LogP contribution in [0, 0.1) is 11.6 Å². The molecule has 2 N–H and O–H groups in total. The van der Waals surface area contributed by atoms with Crippen LogP contribution in [0.4, 0.5) is 8.78 Å². The Morgan fingerprint density at radius 2 is 1.97 bits per heavy atom. The van der Waals surface area contributed by atoms with Crippen molar-refractivity contribution in [3.8, 4) is 11.5 Å². The Labute approximate surface area is 168 Å². The Kier molecular flexibility index (Phi) is 7.24. The van der Waals surface area contributed by atoms with Gasteiger partial charge in [-0.05, 0) is 55.3 Å². The smallest absolute Gasteiger partial charge is 0.191 e. The van der Waals surface area contributed by atoms with E-state index in [1.165, 1.54) is 24.3 Å². The maximum Gasteiger partial charge on any atom is 0.191 e. The predicted molar refractivity (Wildman–Crippen MR) is 106 cm³/mol. The number of hydrogen-bond acceptors (Lipinski definition) is 4. The van der Waals surface area contributed by atoms with Crippen LogP contribution in [0.5, 0.6) is 11.5 Å². The van der Waals surface area contributed by atoms with Crippen molar-refractivity contribution in [3.05, 3.63) is 59.2 Å². The lowest BCUT2D eigenvalue weighted by atomic mass is 10.1. The van der Waals surface area contributed by atoms with Crippen molar-refractivity contribution in [2.75, 3.05) is 26.9 Å². The first kappa shape index (κ1) is 20.9. The van der Waals surface area contributed by atoms with E-state index < -0.39 is 0 Å². The second kappa shape index (κ2) is 10.1. The largest absolute Gasteiger partial charge is 0.489 e. The molecule has 1 aliphatic rings. The zero-order valence-corrected chi connectivity index (χ0v) is 16.5. The Hall–Kier alpha value is -2.87. The van der Waals surface area contributed by atoms with Crippen LogP contribution in [-0.2, 0) is 17.8 Å². The van der Waals surface area contributed by atoms with E-state index in [1.54, 1.807) is 19.2 Å². The molecule has 2 aromatic carbocycles. The lowest BCUT2D eigenvalue weighted by Gasteiger charge is -2.21. The summed E-state index contributed by atoms with van der Waals surface area (Å²) >= 11 is 0. The summed E-state index contributed by atoms with van der Waals surface area (Å²) in [4.78, 5) is 4.18. The van der Waals surface area contributed by atoms with Gasteiger partial charge in [0.05, 0.1) is 13.2 Å². The van der Waals surface area contributed by atoms with E-state index in [2.05, 4.69) is 15.6 Å². The fraction of sp³-hybridized carbons (Fsp3) is 0.381. The van der Waals surface area contributed by atoms with Crippen molar-refractivity contribution in [2.24, 2.45) is 4.99 Å². The molecule has 0 spiro atoms. The molecule has 29 heavy (non-hydrogen) atoms. The molecule has 0 aliphatic carbocycles. The average molecular weight is 405 g/mol. The summed E-state index contributed by atoms with van der Waals surface area (Å²) in [5, 5.41) is 6.37. The molecule has 1 heterocycles. The first-order chi connectivity index (χ1) is 14.0. The molecule has 2 aromatic rings. The van der Waals surface area contributed by atoms with E-state index in [0.717, 1.165) is 11.1 Å².